The summed E-state index contributed by atoms with van der Waals surface area (Å²) in [6.45, 7) is 2.62. The molecule has 128 valence electrons. The van der Waals surface area contributed by atoms with Gasteiger partial charge in [-0.25, -0.2) is 4.98 Å². The van der Waals surface area contributed by atoms with Crippen LogP contribution in [0.1, 0.15) is 31.5 Å². The van der Waals surface area contributed by atoms with Gasteiger partial charge in [-0.15, -0.1) is 11.3 Å². The van der Waals surface area contributed by atoms with Gasteiger partial charge < -0.3 is 10.6 Å². The number of anilines is 2. The minimum Gasteiger partial charge on any atom is -0.308 e. The highest BCUT2D eigenvalue weighted by Crippen LogP contribution is 2.33. The minimum absolute atomic E-state index is 0.0853. The lowest BCUT2D eigenvalue weighted by Crippen LogP contribution is -2.33. The molecule has 2 aromatic heterocycles. The first kappa shape index (κ1) is 16.6. The normalized spacial score (nSPS) is 17.8. The second-order valence-corrected chi connectivity index (χ2v) is 6.67. The zero-order valence-electron chi connectivity index (χ0n) is 13.7. The van der Waals surface area contributed by atoms with Crippen molar-refractivity contribution in [1.29, 1.82) is 0 Å². The lowest BCUT2D eigenvalue weighted by molar-refractivity contribution is -0.117. The maximum Gasteiger partial charge on any atom is 0.239 e. The van der Waals surface area contributed by atoms with Crippen molar-refractivity contribution in [3.8, 4) is 0 Å². The average molecular weight is 348 g/mol. The van der Waals surface area contributed by atoms with Crippen molar-refractivity contribution in [2.24, 2.45) is 7.05 Å². The van der Waals surface area contributed by atoms with Crippen LogP contribution in [0, 0.1) is 0 Å². The van der Waals surface area contributed by atoms with Gasteiger partial charge in [-0.05, 0) is 19.4 Å². The van der Waals surface area contributed by atoms with Crippen LogP contribution in [0.3, 0.4) is 0 Å². The summed E-state index contributed by atoms with van der Waals surface area (Å²) in [7, 11) is 1.81. The molecule has 0 spiro atoms. The molecule has 0 aromatic carbocycles. The highest BCUT2D eigenvalue weighted by atomic mass is 32.1. The first-order valence-corrected chi connectivity index (χ1v) is 8.66. The fourth-order valence-corrected chi connectivity index (χ4v) is 3.65. The standard InChI is InChI=1S/C15H20N6O2S/c1-10(22)16-15-17-11(9-24-15)12-4-3-6-21(12)8-14(23)18-13-5-7-20(2)19-13/h5,7,9,12H,3-4,6,8H2,1-2H3,(H,16,17,22)(H,18,19,23)/t12-/m0/s1. The molecule has 0 unspecified atom stereocenters. The summed E-state index contributed by atoms with van der Waals surface area (Å²) in [6.07, 6.45) is 3.77. The van der Waals surface area contributed by atoms with E-state index in [-0.39, 0.29) is 17.9 Å². The van der Waals surface area contributed by atoms with Crippen LogP contribution < -0.4 is 10.6 Å². The van der Waals surface area contributed by atoms with Crippen molar-refractivity contribution in [2.75, 3.05) is 23.7 Å². The van der Waals surface area contributed by atoms with Crippen LogP contribution in [0.25, 0.3) is 0 Å². The molecular weight excluding hydrogens is 328 g/mol. The minimum atomic E-state index is -0.131. The first-order chi connectivity index (χ1) is 11.5. The summed E-state index contributed by atoms with van der Waals surface area (Å²) in [5, 5.41) is 12.2. The molecule has 0 aliphatic carbocycles. The van der Waals surface area contributed by atoms with Gasteiger partial charge >= 0.3 is 0 Å². The molecule has 1 aliphatic rings. The molecule has 2 aromatic rings. The number of aryl methyl sites for hydroxylation is 1. The third-order valence-corrected chi connectivity index (χ3v) is 4.61. The monoisotopic (exact) mass is 348 g/mol. The molecule has 0 saturated carbocycles. The molecule has 0 bridgehead atoms. The fourth-order valence-electron chi connectivity index (χ4n) is 2.85. The number of nitrogens with zero attached hydrogens (tertiary/aromatic N) is 4. The van der Waals surface area contributed by atoms with Gasteiger partial charge in [0.1, 0.15) is 0 Å². The summed E-state index contributed by atoms with van der Waals surface area (Å²) in [6, 6.07) is 1.87. The molecule has 1 fully saturated rings. The lowest BCUT2D eigenvalue weighted by atomic mass is 10.2. The van der Waals surface area contributed by atoms with E-state index in [1.807, 2.05) is 5.38 Å². The predicted octanol–water partition coefficient (Wildman–Crippen LogP) is 1.61. The second kappa shape index (κ2) is 7.10. The van der Waals surface area contributed by atoms with Crippen molar-refractivity contribution >= 4 is 34.1 Å². The molecule has 1 saturated heterocycles. The third kappa shape index (κ3) is 3.98. The third-order valence-electron chi connectivity index (χ3n) is 3.84. The predicted molar refractivity (Wildman–Crippen MR) is 91.8 cm³/mol. The van der Waals surface area contributed by atoms with Gasteiger partial charge in [-0.1, -0.05) is 0 Å². The molecule has 2 amide bonds. The Bertz CT molecular complexity index is 740. The number of aromatic nitrogens is 3. The summed E-state index contributed by atoms with van der Waals surface area (Å²) in [4.78, 5) is 29.9. The molecule has 3 rings (SSSR count). The van der Waals surface area contributed by atoms with E-state index in [0.29, 0.717) is 17.5 Å². The molecular formula is C15H20N6O2S. The van der Waals surface area contributed by atoms with Crippen LogP contribution in [0.5, 0.6) is 0 Å². The number of thiazole rings is 1. The van der Waals surface area contributed by atoms with E-state index in [4.69, 9.17) is 0 Å². The van der Waals surface area contributed by atoms with Crippen molar-refractivity contribution in [1.82, 2.24) is 19.7 Å². The van der Waals surface area contributed by atoms with Gasteiger partial charge in [0.2, 0.25) is 11.8 Å². The highest BCUT2D eigenvalue weighted by molar-refractivity contribution is 7.13. The SMILES string of the molecule is CC(=O)Nc1nc([C@@H]2CCCN2CC(=O)Nc2ccn(C)n2)cs1. The molecule has 9 heteroatoms. The Balaban J connectivity index is 1.61. The van der Waals surface area contributed by atoms with Crippen molar-refractivity contribution in [3.05, 3.63) is 23.3 Å². The maximum atomic E-state index is 12.2. The van der Waals surface area contributed by atoms with Crippen LogP contribution in [-0.2, 0) is 16.6 Å². The summed E-state index contributed by atoms with van der Waals surface area (Å²) in [5.41, 5.74) is 0.909. The first-order valence-electron chi connectivity index (χ1n) is 7.78. The topological polar surface area (TPSA) is 92.1 Å². The van der Waals surface area contributed by atoms with Gasteiger partial charge in [0.05, 0.1) is 18.3 Å². The average Bonchev–Trinajstić information content (AvgIpc) is 3.20. The quantitative estimate of drug-likeness (QED) is 0.856. The van der Waals surface area contributed by atoms with Crippen molar-refractivity contribution in [2.45, 2.75) is 25.8 Å². The number of hydrogen-bond acceptors (Lipinski definition) is 6. The number of amides is 2. The molecule has 0 radical (unpaired) electrons. The highest BCUT2D eigenvalue weighted by Gasteiger charge is 2.29. The Kier molecular flexibility index (Phi) is 4.91. The van der Waals surface area contributed by atoms with Crippen molar-refractivity contribution in [3.63, 3.8) is 0 Å². The maximum absolute atomic E-state index is 12.2. The number of rotatable bonds is 5. The smallest absolute Gasteiger partial charge is 0.239 e. The van der Waals surface area contributed by atoms with Crippen LogP contribution in [0.4, 0.5) is 10.9 Å². The fraction of sp³-hybridized carbons (Fsp3) is 0.467. The molecule has 3 heterocycles. The van der Waals surface area contributed by atoms with Gasteiger partial charge in [-0.2, -0.15) is 5.10 Å². The second-order valence-electron chi connectivity index (χ2n) is 5.81. The van der Waals surface area contributed by atoms with Gasteiger partial charge in [0.25, 0.3) is 0 Å². The molecule has 1 atom stereocenters. The van der Waals surface area contributed by atoms with E-state index in [1.165, 1.54) is 18.3 Å². The van der Waals surface area contributed by atoms with E-state index < -0.39 is 0 Å². The summed E-state index contributed by atoms with van der Waals surface area (Å²) >= 11 is 1.41. The van der Waals surface area contributed by atoms with Gasteiger partial charge in [-0.3, -0.25) is 19.2 Å². The molecule has 24 heavy (non-hydrogen) atoms. The zero-order valence-corrected chi connectivity index (χ0v) is 14.5. The Labute approximate surface area is 143 Å². The van der Waals surface area contributed by atoms with Crippen LogP contribution in [0.2, 0.25) is 0 Å². The number of carbonyl (C=O) groups is 2. The Morgan fingerprint density at radius 2 is 2.25 bits per heavy atom. The molecule has 8 nitrogen and oxygen atoms in total. The molecule has 1 aliphatic heterocycles. The van der Waals surface area contributed by atoms with E-state index in [9.17, 15) is 9.59 Å². The Morgan fingerprint density at radius 3 is 2.96 bits per heavy atom. The van der Waals surface area contributed by atoms with E-state index in [0.717, 1.165) is 25.1 Å². The lowest BCUT2D eigenvalue weighted by Gasteiger charge is -2.22. The summed E-state index contributed by atoms with van der Waals surface area (Å²) < 4.78 is 1.65. The van der Waals surface area contributed by atoms with E-state index in [1.54, 1.807) is 24.0 Å². The number of carbonyl (C=O) groups excluding carboxylic acids is 2. The summed E-state index contributed by atoms with van der Waals surface area (Å²) in [5.74, 6) is 0.340. The Hall–Kier alpha value is -2.26. The van der Waals surface area contributed by atoms with Crippen LogP contribution in [-0.4, -0.2) is 44.6 Å². The van der Waals surface area contributed by atoms with Crippen LogP contribution in [0.15, 0.2) is 17.6 Å². The van der Waals surface area contributed by atoms with Crippen molar-refractivity contribution < 1.29 is 9.59 Å². The number of hydrogen-bond donors (Lipinski definition) is 2. The van der Waals surface area contributed by atoms with E-state index >= 15 is 0 Å². The Morgan fingerprint density at radius 1 is 1.42 bits per heavy atom. The van der Waals surface area contributed by atoms with Gasteiger partial charge in [0, 0.05) is 31.6 Å². The largest absolute Gasteiger partial charge is 0.308 e. The molecule has 2 N–H and O–H groups in total. The number of likely N-dealkylation sites (tertiary alicyclic amines) is 1. The van der Waals surface area contributed by atoms with Crippen LogP contribution >= 0.6 is 11.3 Å². The zero-order chi connectivity index (χ0) is 17.1. The van der Waals surface area contributed by atoms with E-state index in [2.05, 4.69) is 25.6 Å². The van der Waals surface area contributed by atoms with Gasteiger partial charge in [0.15, 0.2) is 10.9 Å². The number of nitrogens with one attached hydrogen (secondary N) is 2.